The summed E-state index contributed by atoms with van der Waals surface area (Å²) in [6.45, 7) is 4.14. The molecule has 7 rings (SSSR count). The molecule has 0 aromatic rings. The molecule has 7 fully saturated rings. The summed E-state index contributed by atoms with van der Waals surface area (Å²) in [5, 5.41) is 10.7. The van der Waals surface area contributed by atoms with E-state index in [9.17, 15) is 5.11 Å². The highest BCUT2D eigenvalue weighted by Gasteiger charge is 2.54. The Hall–Kier alpha value is -0.0800. The van der Waals surface area contributed by atoms with E-state index in [1.807, 2.05) is 0 Å². The third-order valence-electron chi connectivity index (χ3n) is 8.21. The Balaban J connectivity index is 1.22. The normalized spacial score (nSPS) is 53.9. The Morgan fingerprint density at radius 2 is 1.41 bits per heavy atom. The molecule has 6 bridgehead atoms. The minimum atomic E-state index is -0.241. The average Bonchev–Trinajstić information content (AvgIpc) is 2.77. The Labute approximate surface area is 135 Å². The standard InChI is InChI=1S/C20H33NO/c22-20-9-16-7-17(10-20)19(18(8-16)11-20)5-6-21-12-14-1-2-15(13-21)4-3-14/h14-19,22H,1-13H2. The zero-order chi connectivity index (χ0) is 14.7. The summed E-state index contributed by atoms with van der Waals surface area (Å²) in [7, 11) is 0. The van der Waals surface area contributed by atoms with Crippen LogP contribution in [0.4, 0.5) is 0 Å². The van der Waals surface area contributed by atoms with Gasteiger partial charge in [-0.3, -0.25) is 0 Å². The van der Waals surface area contributed by atoms with Crippen LogP contribution in [0.3, 0.4) is 0 Å². The molecular weight excluding hydrogens is 270 g/mol. The van der Waals surface area contributed by atoms with Gasteiger partial charge in [0.05, 0.1) is 5.60 Å². The van der Waals surface area contributed by atoms with Crippen LogP contribution in [0.2, 0.25) is 0 Å². The molecule has 5 saturated carbocycles. The summed E-state index contributed by atoms with van der Waals surface area (Å²) in [6, 6.07) is 0. The first kappa shape index (κ1) is 14.3. The second-order valence-electron chi connectivity index (χ2n) is 9.79. The van der Waals surface area contributed by atoms with Gasteiger partial charge in [-0.05, 0) is 106 Å². The molecule has 2 nitrogen and oxygen atoms in total. The van der Waals surface area contributed by atoms with E-state index >= 15 is 0 Å². The molecule has 22 heavy (non-hydrogen) atoms. The van der Waals surface area contributed by atoms with Gasteiger partial charge in [-0.2, -0.15) is 0 Å². The maximum Gasteiger partial charge on any atom is 0.0656 e. The van der Waals surface area contributed by atoms with Gasteiger partial charge in [0, 0.05) is 13.1 Å². The molecule has 0 amide bonds. The SMILES string of the molecule is OC12CC3CC(C1)C(CCN1CC4CCC(CC4)C1)C(C3)C2. The topological polar surface area (TPSA) is 23.5 Å². The van der Waals surface area contributed by atoms with Crippen molar-refractivity contribution < 1.29 is 5.11 Å². The number of rotatable bonds is 3. The maximum atomic E-state index is 10.7. The van der Waals surface area contributed by atoms with Crippen molar-refractivity contribution in [3.05, 3.63) is 0 Å². The molecule has 0 radical (unpaired) electrons. The van der Waals surface area contributed by atoms with Crippen molar-refractivity contribution in [2.75, 3.05) is 19.6 Å². The second kappa shape index (κ2) is 5.21. The Bertz CT molecular complexity index is 397. The van der Waals surface area contributed by atoms with Crippen LogP contribution >= 0.6 is 0 Å². The van der Waals surface area contributed by atoms with Crippen LogP contribution < -0.4 is 0 Å². The quantitative estimate of drug-likeness (QED) is 0.859. The van der Waals surface area contributed by atoms with Gasteiger partial charge in [0.2, 0.25) is 0 Å². The van der Waals surface area contributed by atoms with Crippen molar-refractivity contribution in [3.8, 4) is 0 Å². The number of hydrogen-bond acceptors (Lipinski definition) is 2. The van der Waals surface area contributed by atoms with Gasteiger partial charge in [-0.25, -0.2) is 0 Å². The molecule has 2 unspecified atom stereocenters. The molecule has 2 heteroatoms. The van der Waals surface area contributed by atoms with Gasteiger partial charge in [0.15, 0.2) is 0 Å². The van der Waals surface area contributed by atoms with Crippen molar-refractivity contribution in [1.29, 1.82) is 0 Å². The van der Waals surface area contributed by atoms with Gasteiger partial charge < -0.3 is 10.0 Å². The van der Waals surface area contributed by atoms with E-state index in [1.54, 1.807) is 0 Å². The van der Waals surface area contributed by atoms with Crippen molar-refractivity contribution >= 4 is 0 Å². The average molecular weight is 303 g/mol. The molecule has 2 aliphatic heterocycles. The van der Waals surface area contributed by atoms with Crippen molar-refractivity contribution in [1.82, 2.24) is 4.90 Å². The predicted molar refractivity (Wildman–Crippen MR) is 88.5 cm³/mol. The van der Waals surface area contributed by atoms with Crippen LogP contribution in [0.15, 0.2) is 0 Å². The summed E-state index contributed by atoms with van der Waals surface area (Å²) in [5.41, 5.74) is -0.241. The lowest BCUT2D eigenvalue weighted by Crippen LogP contribution is -2.55. The van der Waals surface area contributed by atoms with E-state index in [1.165, 1.54) is 64.6 Å². The van der Waals surface area contributed by atoms with Gasteiger partial charge in [-0.1, -0.05) is 0 Å². The van der Waals surface area contributed by atoms with Crippen LogP contribution in [0.25, 0.3) is 0 Å². The van der Waals surface area contributed by atoms with Crippen molar-refractivity contribution in [3.63, 3.8) is 0 Å². The Morgan fingerprint density at radius 1 is 0.818 bits per heavy atom. The number of aliphatic hydroxyl groups is 1. The largest absolute Gasteiger partial charge is 0.390 e. The number of nitrogens with zero attached hydrogens (tertiary/aromatic N) is 1. The van der Waals surface area contributed by atoms with Crippen LogP contribution in [0.5, 0.6) is 0 Å². The molecule has 124 valence electrons. The minimum absolute atomic E-state index is 0.241. The van der Waals surface area contributed by atoms with E-state index in [4.69, 9.17) is 0 Å². The molecule has 0 spiro atoms. The molecule has 2 atom stereocenters. The molecule has 2 saturated heterocycles. The van der Waals surface area contributed by atoms with Crippen LogP contribution in [-0.2, 0) is 0 Å². The fraction of sp³-hybridized carbons (Fsp3) is 1.00. The lowest BCUT2D eigenvalue weighted by Gasteiger charge is -2.58. The molecule has 0 aromatic carbocycles. The summed E-state index contributed by atoms with van der Waals surface area (Å²) in [4.78, 5) is 2.83. The smallest absolute Gasteiger partial charge is 0.0656 e. The number of fused-ring (bicyclic) bond motifs is 4. The monoisotopic (exact) mass is 303 g/mol. The molecule has 7 aliphatic rings. The fourth-order valence-corrected chi connectivity index (χ4v) is 7.47. The van der Waals surface area contributed by atoms with Gasteiger partial charge >= 0.3 is 0 Å². The number of hydrogen-bond donors (Lipinski definition) is 1. The molecule has 5 aliphatic carbocycles. The summed E-state index contributed by atoms with van der Waals surface area (Å²) in [6.07, 6.45) is 13.7. The lowest BCUT2D eigenvalue weighted by atomic mass is 9.49. The highest BCUT2D eigenvalue weighted by molar-refractivity contribution is 5.05. The van der Waals surface area contributed by atoms with Crippen molar-refractivity contribution in [2.24, 2.45) is 35.5 Å². The fourth-order valence-electron chi connectivity index (χ4n) is 7.47. The first-order valence-corrected chi connectivity index (χ1v) is 10.1. The van der Waals surface area contributed by atoms with Gasteiger partial charge in [0.25, 0.3) is 0 Å². The Morgan fingerprint density at radius 3 is 1.95 bits per heavy atom. The molecule has 0 aromatic heterocycles. The predicted octanol–water partition coefficient (Wildman–Crippen LogP) is 3.69. The van der Waals surface area contributed by atoms with E-state index in [0.717, 1.165) is 54.8 Å². The summed E-state index contributed by atoms with van der Waals surface area (Å²) >= 11 is 0. The zero-order valence-electron chi connectivity index (χ0n) is 14.1. The zero-order valence-corrected chi connectivity index (χ0v) is 14.1. The lowest BCUT2D eigenvalue weighted by molar-refractivity contribution is -0.153. The minimum Gasteiger partial charge on any atom is -0.390 e. The summed E-state index contributed by atoms with van der Waals surface area (Å²) < 4.78 is 0. The van der Waals surface area contributed by atoms with Crippen LogP contribution in [0.1, 0.15) is 64.2 Å². The van der Waals surface area contributed by atoms with E-state index in [0.29, 0.717) is 0 Å². The van der Waals surface area contributed by atoms with E-state index < -0.39 is 0 Å². The van der Waals surface area contributed by atoms with Crippen molar-refractivity contribution in [2.45, 2.75) is 69.8 Å². The van der Waals surface area contributed by atoms with Crippen LogP contribution in [-0.4, -0.2) is 35.2 Å². The van der Waals surface area contributed by atoms with E-state index in [2.05, 4.69) is 4.90 Å². The highest BCUT2D eigenvalue weighted by Crippen LogP contribution is 2.59. The van der Waals surface area contributed by atoms with Gasteiger partial charge in [-0.15, -0.1) is 0 Å². The first-order chi connectivity index (χ1) is 10.7. The third kappa shape index (κ3) is 2.45. The molecule has 2 heterocycles. The second-order valence-corrected chi connectivity index (χ2v) is 9.79. The maximum absolute atomic E-state index is 10.7. The van der Waals surface area contributed by atoms with Crippen LogP contribution in [0, 0.1) is 35.5 Å². The third-order valence-corrected chi connectivity index (χ3v) is 8.21. The summed E-state index contributed by atoms with van der Waals surface area (Å²) in [5.74, 6) is 5.56. The highest BCUT2D eigenvalue weighted by atomic mass is 16.3. The molecular formula is C20H33NO. The van der Waals surface area contributed by atoms with Gasteiger partial charge in [0.1, 0.15) is 0 Å². The van der Waals surface area contributed by atoms with E-state index in [-0.39, 0.29) is 5.60 Å². The first-order valence-electron chi connectivity index (χ1n) is 10.1. The molecule has 1 N–H and O–H groups in total. The Kier molecular flexibility index (Phi) is 3.38.